The van der Waals surface area contributed by atoms with Gasteiger partial charge in [-0.2, -0.15) is 0 Å². The lowest BCUT2D eigenvalue weighted by Crippen LogP contribution is -2.23. The molecule has 0 bridgehead atoms. The number of ether oxygens (including phenoxy) is 2. The average Bonchev–Trinajstić information content (AvgIpc) is 2.39. The minimum Gasteiger partial charge on any atom is -0.341 e. The van der Waals surface area contributed by atoms with Crippen molar-refractivity contribution in [2.24, 2.45) is 0 Å². The highest BCUT2D eigenvalue weighted by Crippen LogP contribution is 2.21. The fourth-order valence-corrected chi connectivity index (χ4v) is 0.990. The van der Waals surface area contributed by atoms with Crippen LogP contribution in [0, 0.1) is 0 Å². The zero-order chi connectivity index (χ0) is 7.45. The summed E-state index contributed by atoms with van der Waals surface area (Å²) < 4.78 is 10.4. The van der Waals surface area contributed by atoms with Gasteiger partial charge in [0, 0.05) is 5.54 Å². The Balaban J connectivity index is 2.66. The van der Waals surface area contributed by atoms with Gasteiger partial charge in [0.2, 0.25) is 5.79 Å². The third-order valence-corrected chi connectivity index (χ3v) is 1.44. The second kappa shape index (κ2) is 3.19. The first-order valence-corrected chi connectivity index (χ1v) is 3.46. The molecule has 0 aromatic carbocycles. The summed E-state index contributed by atoms with van der Waals surface area (Å²) in [6, 6.07) is 0. The van der Waals surface area contributed by atoms with Crippen LogP contribution in [0.15, 0.2) is 24.3 Å². The van der Waals surface area contributed by atoms with E-state index in [2.05, 4.69) is 6.58 Å². The van der Waals surface area contributed by atoms with Crippen LogP contribution < -0.4 is 0 Å². The average molecular weight is 161 g/mol. The Labute approximate surface area is 65.1 Å². The van der Waals surface area contributed by atoms with Crippen molar-refractivity contribution in [1.29, 1.82) is 0 Å². The molecule has 56 valence electrons. The summed E-state index contributed by atoms with van der Waals surface area (Å²) in [7, 11) is 0. The largest absolute Gasteiger partial charge is 0.341 e. The highest BCUT2D eigenvalue weighted by atomic mass is 35.5. The summed E-state index contributed by atoms with van der Waals surface area (Å²) in [5.74, 6) is -0.762. The molecule has 2 nitrogen and oxygen atoms in total. The number of hydrogen-bond acceptors (Lipinski definition) is 2. The molecular formula is C7H9ClO2. The van der Waals surface area contributed by atoms with E-state index in [9.17, 15) is 0 Å². The summed E-state index contributed by atoms with van der Waals surface area (Å²) in [5, 5.41) is 0. The Morgan fingerprint density at radius 2 is 2.00 bits per heavy atom. The molecule has 1 fully saturated rings. The van der Waals surface area contributed by atoms with Gasteiger partial charge >= 0.3 is 0 Å². The van der Waals surface area contributed by atoms with Crippen molar-refractivity contribution in [1.82, 2.24) is 0 Å². The first kappa shape index (κ1) is 7.79. The van der Waals surface area contributed by atoms with E-state index in [0.717, 1.165) is 0 Å². The molecule has 1 rings (SSSR count). The van der Waals surface area contributed by atoms with Crippen LogP contribution in [0.3, 0.4) is 0 Å². The van der Waals surface area contributed by atoms with E-state index in [0.29, 0.717) is 13.2 Å². The van der Waals surface area contributed by atoms with Crippen molar-refractivity contribution in [2.75, 3.05) is 13.2 Å². The third-order valence-electron chi connectivity index (χ3n) is 1.32. The van der Waals surface area contributed by atoms with Gasteiger partial charge in [-0.15, -0.1) is 0 Å². The van der Waals surface area contributed by atoms with Crippen molar-refractivity contribution in [3.05, 3.63) is 24.3 Å². The van der Waals surface area contributed by atoms with Gasteiger partial charge in [0.1, 0.15) is 0 Å². The summed E-state index contributed by atoms with van der Waals surface area (Å²) in [6.45, 7) is 4.75. The molecule has 1 saturated heterocycles. The van der Waals surface area contributed by atoms with Crippen LogP contribution in [0.5, 0.6) is 0 Å². The van der Waals surface area contributed by atoms with E-state index in [1.54, 1.807) is 12.2 Å². The molecule has 3 heteroatoms. The van der Waals surface area contributed by atoms with Crippen LogP contribution >= 0.6 is 11.6 Å². The summed E-state index contributed by atoms with van der Waals surface area (Å²) in [4.78, 5) is 0. The fraction of sp³-hybridized carbons (Fsp3) is 0.429. The molecule has 1 heterocycles. The molecule has 10 heavy (non-hydrogen) atoms. The minimum absolute atomic E-state index is 0.591. The van der Waals surface area contributed by atoms with Crippen molar-refractivity contribution < 1.29 is 9.47 Å². The van der Waals surface area contributed by atoms with Crippen molar-refractivity contribution in [3.63, 3.8) is 0 Å². The Kier molecular flexibility index (Phi) is 2.49. The fourth-order valence-electron chi connectivity index (χ4n) is 0.814. The summed E-state index contributed by atoms with van der Waals surface area (Å²) in [6.07, 6.45) is 3.20. The van der Waals surface area contributed by atoms with Crippen molar-refractivity contribution in [3.8, 4) is 0 Å². The molecule has 1 aliphatic rings. The maximum absolute atomic E-state index is 5.36. The zero-order valence-corrected chi connectivity index (χ0v) is 6.30. The molecule has 0 aliphatic carbocycles. The van der Waals surface area contributed by atoms with Gasteiger partial charge in [-0.1, -0.05) is 18.2 Å². The first-order valence-electron chi connectivity index (χ1n) is 3.02. The van der Waals surface area contributed by atoms with Crippen molar-refractivity contribution in [2.45, 2.75) is 5.79 Å². The number of halogens is 1. The maximum atomic E-state index is 5.36. The van der Waals surface area contributed by atoms with E-state index in [1.165, 1.54) is 5.54 Å². The highest BCUT2D eigenvalue weighted by molar-refractivity contribution is 6.25. The van der Waals surface area contributed by atoms with Crippen molar-refractivity contribution >= 4 is 11.6 Å². The lowest BCUT2D eigenvalue weighted by molar-refractivity contribution is -0.0738. The van der Waals surface area contributed by atoms with E-state index < -0.39 is 5.79 Å². The predicted octanol–water partition coefficient (Wildman–Crippen LogP) is 1.67. The Morgan fingerprint density at radius 3 is 2.40 bits per heavy atom. The number of rotatable bonds is 2. The van der Waals surface area contributed by atoms with Crippen LogP contribution in [0.1, 0.15) is 0 Å². The van der Waals surface area contributed by atoms with E-state index in [-0.39, 0.29) is 0 Å². The standard InChI is InChI=1S/C7H9ClO2/c1-2-7(3-4-8)9-5-6-10-7/h2-4H,1,5-6H2/b4-3+. The molecule has 0 unspecified atom stereocenters. The van der Waals surface area contributed by atoms with Crippen LogP contribution in [0.25, 0.3) is 0 Å². The third kappa shape index (κ3) is 1.40. The lowest BCUT2D eigenvalue weighted by atomic mass is 10.3. The lowest BCUT2D eigenvalue weighted by Gasteiger charge is -2.17. The molecule has 0 atom stereocenters. The molecule has 0 saturated carbocycles. The number of hydrogen-bond donors (Lipinski definition) is 0. The SMILES string of the molecule is C=CC1(/C=C/Cl)OCCO1. The second-order valence-corrected chi connectivity index (χ2v) is 2.17. The van der Waals surface area contributed by atoms with E-state index in [1.807, 2.05) is 0 Å². The van der Waals surface area contributed by atoms with Crippen LogP contribution in [-0.2, 0) is 9.47 Å². The molecule has 0 N–H and O–H groups in total. The van der Waals surface area contributed by atoms with Crippen LogP contribution in [-0.4, -0.2) is 19.0 Å². The molecular weight excluding hydrogens is 152 g/mol. The Bertz CT molecular complexity index is 148. The molecule has 0 amide bonds. The van der Waals surface area contributed by atoms with Gasteiger partial charge in [-0.05, 0) is 12.2 Å². The van der Waals surface area contributed by atoms with Gasteiger partial charge in [0.15, 0.2) is 0 Å². The van der Waals surface area contributed by atoms with Gasteiger partial charge in [0.05, 0.1) is 13.2 Å². The van der Waals surface area contributed by atoms with Crippen LogP contribution in [0.4, 0.5) is 0 Å². The molecule has 0 aromatic heterocycles. The monoisotopic (exact) mass is 160 g/mol. The van der Waals surface area contributed by atoms with Gasteiger partial charge < -0.3 is 9.47 Å². The van der Waals surface area contributed by atoms with Gasteiger partial charge in [0.25, 0.3) is 0 Å². The Morgan fingerprint density at radius 1 is 1.40 bits per heavy atom. The molecule has 1 aliphatic heterocycles. The van der Waals surface area contributed by atoms with Gasteiger partial charge in [-0.25, -0.2) is 0 Å². The quantitative estimate of drug-likeness (QED) is 0.573. The molecule has 0 radical (unpaired) electrons. The topological polar surface area (TPSA) is 18.5 Å². The second-order valence-electron chi connectivity index (χ2n) is 1.92. The normalized spacial score (nSPS) is 23.7. The summed E-state index contributed by atoms with van der Waals surface area (Å²) in [5.41, 5.74) is 1.37. The zero-order valence-electron chi connectivity index (χ0n) is 5.55. The van der Waals surface area contributed by atoms with Gasteiger partial charge in [-0.3, -0.25) is 0 Å². The minimum atomic E-state index is -0.762. The molecule has 0 aromatic rings. The Hall–Kier alpha value is -0.310. The van der Waals surface area contributed by atoms with Crippen LogP contribution in [0.2, 0.25) is 0 Å². The highest BCUT2D eigenvalue weighted by Gasteiger charge is 2.29. The predicted molar refractivity (Wildman–Crippen MR) is 39.8 cm³/mol. The van der Waals surface area contributed by atoms with E-state index >= 15 is 0 Å². The first-order chi connectivity index (χ1) is 4.83. The maximum Gasteiger partial charge on any atom is 0.208 e. The van der Waals surface area contributed by atoms with E-state index in [4.69, 9.17) is 21.1 Å². The summed E-state index contributed by atoms with van der Waals surface area (Å²) >= 11 is 5.36. The smallest absolute Gasteiger partial charge is 0.208 e. The molecule has 0 spiro atoms.